The van der Waals surface area contributed by atoms with Crippen LogP contribution in [0.4, 0.5) is 13.2 Å². The highest BCUT2D eigenvalue weighted by molar-refractivity contribution is 5.82. The van der Waals surface area contributed by atoms with Crippen LogP contribution in [0.5, 0.6) is 0 Å². The van der Waals surface area contributed by atoms with E-state index in [0.717, 1.165) is 16.9 Å². The Balaban J connectivity index is 2.24. The molecule has 1 aromatic carbocycles. The Bertz CT molecular complexity index is 416. The second kappa shape index (κ2) is 5.00. The fraction of sp³-hybridized carbons (Fsp3) is 0.462. The number of rotatable bonds is 1. The summed E-state index contributed by atoms with van der Waals surface area (Å²) >= 11 is 0. The van der Waals surface area contributed by atoms with Gasteiger partial charge in [-0.15, -0.1) is 0 Å². The largest absolute Gasteiger partial charge is 0.471 e. The highest BCUT2D eigenvalue weighted by Crippen LogP contribution is 2.33. The number of likely N-dealkylation sites (tertiary alicyclic amines) is 1. The van der Waals surface area contributed by atoms with Crippen LogP contribution in [0, 0.1) is 0 Å². The molecule has 0 saturated carbocycles. The van der Waals surface area contributed by atoms with Gasteiger partial charge in [-0.25, -0.2) is 0 Å². The zero-order valence-electron chi connectivity index (χ0n) is 9.78. The number of halogens is 3. The molecule has 1 aromatic rings. The van der Waals surface area contributed by atoms with Gasteiger partial charge in [0.25, 0.3) is 0 Å². The normalized spacial score (nSPS) is 20.8. The molecule has 0 radical (unpaired) electrons. The van der Waals surface area contributed by atoms with E-state index in [9.17, 15) is 18.0 Å². The molecule has 2 nitrogen and oxygen atoms in total. The van der Waals surface area contributed by atoms with E-state index >= 15 is 0 Å². The van der Waals surface area contributed by atoms with Gasteiger partial charge < -0.3 is 4.90 Å². The molecule has 1 heterocycles. The average molecular weight is 257 g/mol. The van der Waals surface area contributed by atoms with E-state index in [1.54, 1.807) is 24.3 Å². The van der Waals surface area contributed by atoms with Crippen LogP contribution in [-0.2, 0) is 4.79 Å². The van der Waals surface area contributed by atoms with Gasteiger partial charge in [0, 0.05) is 6.54 Å². The van der Waals surface area contributed by atoms with Crippen molar-refractivity contribution in [2.24, 2.45) is 0 Å². The van der Waals surface area contributed by atoms with E-state index < -0.39 is 18.1 Å². The van der Waals surface area contributed by atoms with Crippen molar-refractivity contribution < 1.29 is 18.0 Å². The van der Waals surface area contributed by atoms with Gasteiger partial charge in [-0.05, 0) is 24.8 Å². The number of hydrogen-bond donors (Lipinski definition) is 0. The molecule has 0 aromatic heterocycles. The monoisotopic (exact) mass is 257 g/mol. The molecule has 98 valence electrons. The highest BCUT2D eigenvalue weighted by atomic mass is 19.4. The van der Waals surface area contributed by atoms with E-state index in [0.29, 0.717) is 12.8 Å². The van der Waals surface area contributed by atoms with E-state index in [4.69, 9.17) is 0 Å². The van der Waals surface area contributed by atoms with Crippen LogP contribution < -0.4 is 0 Å². The first-order valence-electron chi connectivity index (χ1n) is 5.93. The van der Waals surface area contributed by atoms with Crippen molar-refractivity contribution in [1.29, 1.82) is 0 Å². The Morgan fingerprint density at radius 1 is 1.17 bits per heavy atom. The minimum Gasteiger partial charge on any atom is -0.328 e. The maximum atomic E-state index is 12.5. The van der Waals surface area contributed by atoms with Crippen LogP contribution in [0.2, 0.25) is 0 Å². The zero-order valence-corrected chi connectivity index (χ0v) is 9.78. The number of piperidine rings is 1. The molecule has 0 aliphatic carbocycles. The summed E-state index contributed by atoms with van der Waals surface area (Å²) in [6.45, 7) is 0.178. The number of carbonyl (C=O) groups excluding carboxylic acids is 1. The Hall–Kier alpha value is -1.52. The van der Waals surface area contributed by atoms with Crippen LogP contribution >= 0.6 is 0 Å². The van der Waals surface area contributed by atoms with Crippen molar-refractivity contribution in [2.75, 3.05) is 6.54 Å². The Morgan fingerprint density at radius 2 is 1.83 bits per heavy atom. The van der Waals surface area contributed by atoms with Gasteiger partial charge in [0.2, 0.25) is 0 Å². The first-order valence-corrected chi connectivity index (χ1v) is 5.93. The molecule has 18 heavy (non-hydrogen) atoms. The third-order valence-electron chi connectivity index (χ3n) is 3.19. The maximum Gasteiger partial charge on any atom is 0.471 e. The predicted molar refractivity (Wildman–Crippen MR) is 60.8 cm³/mol. The summed E-state index contributed by atoms with van der Waals surface area (Å²) in [5.74, 6) is -1.73. The summed E-state index contributed by atoms with van der Waals surface area (Å²) in [6.07, 6.45) is -2.72. The van der Waals surface area contributed by atoms with E-state index in [1.165, 1.54) is 0 Å². The Kier molecular flexibility index (Phi) is 3.59. The van der Waals surface area contributed by atoms with Crippen LogP contribution in [0.15, 0.2) is 30.3 Å². The van der Waals surface area contributed by atoms with Gasteiger partial charge in [0.15, 0.2) is 0 Å². The predicted octanol–water partition coefficient (Wildman–Crippen LogP) is 3.30. The number of nitrogens with zero attached hydrogens (tertiary/aromatic N) is 1. The van der Waals surface area contributed by atoms with E-state index in [-0.39, 0.29) is 6.54 Å². The molecule has 0 unspecified atom stereocenters. The third kappa shape index (κ3) is 2.66. The topological polar surface area (TPSA) is 20.3 Å². The van der Waals surface area contributed by atoms with Crippen molar-refractivity contribution in [3.63, 3.8) is 0 Å². The van der Waals surface area contributed by atoms with Gasteiger partial charge in [-0.2, -0.15) is 13.2 Å². The smallest absolute Gasteiger partial charge is 0.328 e. The van der Waals surface area contributed by atoms with Crippen molar-refractivity contribution in [1.82, 2.24) is 4.90 Å². The van der Waals surface area contributed by atoms with E-state index in [2.05, 4.69) is 0 Å². The molecule has 1 atom stereocenters. The summed E-state index contributed by atoms with van der Waals surface area (Å²) < 4.78 is 37.6. The minimum absolute atomic E-state index is 0.178. The zero-order chi connectivity index (χ0) is 13.2. The van der Waals surface area contributed by atoms with Crippen LogP contribution in [0.3, 0.4) is 0 Å². The van der Waals surface area contributed by atoms with Gasteiger partial charge in [0.1, 0.15) is 0 Å². The summed E-state index contributed by atoms with van der Waals surface area (Å²) in [5, 5.41) is 0. The molecular formula is C13H14F3NO. The molecular weight excluding hydrogens is 243 g/mol. The molecule has 0 bridgehead atoms. The fourth-order valence-electron chi connectivity index (χ4n) is 2.36. The van der Waals surface area contributed by atoms with E-state index in [1.807, 2.05) is 6.07 Å². The molecule has 1 amide bonds. The summed E-state index contributed by atoms with van der Waals surface area (Å²) in [6, 6.07) is 8.45. The first kappa shape index (κ1) is 12.9. The maximum absolute atomic E-state index is 12.5. The summed E-state index contributed by atoms with van der Waals surface area (Å²) in [5.41, 5.74) is 0.773. The molecule has 1 aliphatic heterocycles. The quantitative estimate of drug-likeness (QED) is 0.756. The number of alkyl halides is 3. The number of carbonyl (C=O) groups is 1. The molecule has 2 rings (SSSR count). The average Bonchev–Trinajstić information content (AvgIpc) is 2.38. The van der Waals surface area contributed by atoms with Gasteiger partial charge in [-0.3, -0.25) is 4.79 Å². The SMILES string of the molecule is O=C(N1CCCC[C@H]1c1ccccc1)C(F)(F)F. The third-order valence-corrected chi connectivity index (χ3v) is 3.19. The lowest BCUT2D eigenvalue weighted by Crippen LogP contribution is -2.45. The molecule has 0 N–H and O–H groups in total. The lowest BCUT2D eigenvalue weighted by atomic mass is 9.95. The van der Waals surface area contributed by atoms with Crippen LogP contribution in [0.1, 0.15) is 30.9 Å². The number of amides is 1. The lowest BCUT2D eigenvalue weighted by Gasteiger charge is -2.36. The highest BCUT2D eigenvalue weighted by Gasteiger charge is 2.45. The molecule has 0 spiro atoms. The first-order chi connectivity index (χ1) is 8.50. The van der Waals surface area contributed by atoms with Crippen molar-refractivity contribution in [3.8, 4) is 0 Å². The van der Waals surface area contributed by atoms with Gasteiger partial charge in [0.05, 0.1) is 6.04 Å². The number of hydrogen-bond acceptors (Lipinski definition) is 1. The van der Waals surface area contributed by atoms with Gasteiger partial charge >= 0.3 is 12.1 Å². The summed E-state index contributed by atoms with van der Waals surface area (Å²) in [7, 11) is 0. The lowest BCUT2D eigenvalue weighted by molar-refractivity contribution is -0.189. The van der Waals surface area contributed by atoms with Crippen LogP contribution in [-0.4, -0.2) is 23.5 Å². The van der Waals surface area contributed by atoms with Crippen molar-refractivity contribution >= 4 is 5.91 Å². The van der Waals surface area contributed by atoms with Gasteiger partial charge in [-0.1, -0.05) is 30.3 Å². The Morgan fingerprint density at radius 3 is 2.44 bits per heavy atom. The molecule has 1 aliphatic rings. The molecule has 1 saturated heterocycles. The second-order valence-corrected chi connectivity index (χ2v) is 4.42. The molecule has 5 heteroatoms. The number of benzene rings is 1. The second-order valence-electron chi connectivity index (χ2n) is 4.42. The molecule has 1 fully saturated rings. The fourth-order valence-corrected chi connectivity index (χ4v) is 2.36. The standard InChI is InChI=1S/C13H14F3NO/c14-13(15,16)12(18)17-9-5-4-8-11(17)10-6-2-1-3-7-10/h1-3,6-7,11H,4-5,8-9H2/t11-/m0/s1. The van der Waals surface area contributed by atoms with Crippen LogP contribution in [0.25, 0.3) is 0 Å². The minimum atomic E-state index is -4.79. The summed E-state index contributed by atoms with van der Waals surface area (Å²) in [4.78, 5) is 12.4. The van der Waals surface area contributed by atoms with Crippen molar-refractivity contribution in [2.45, 2.75) is 31.5 Å². The van der Waals surface area contributed by atoms with Crippen molar-refractivity contribution in [3.05, 3.63) is 35.9 Å². The Labute approximate surface area is 103 Å².